The molecular weight excluding hydrogens is 306 g/mol. The second-order valence-corrected chi connectivity index (χ2v) is 5.84. The molecule has 1 aromatic rings. The number of rotatable bonds is 3. The third kappa shape index (κ3) is 3.21. The van der Waals surface area contributed by atoms with Crippen molar-refractivity contribution in [2.45, 2.75) is 19.3 Å². The standard InChI is InChI=1S/C13H15BrClFO/c14-11-2-1-10(12(16)7-11)8-13(9-15)3-5-17-6-4-13/h1-2,7H,3-6,8-9H2. The zero-order valence-corrected chi connectivity index (χ0v) is 11.9. The van der Waals surface area contributed by atoms with E-state index < -0.39 is 0 Å². The summed E-state index contributed by atoms with van der Waals surface area (Å²) in [4.78, 5) is 0. The van der Waals surface area contributed by atoms with Crippen LogP contribution in [0.1, 0.15) is 18.4 Å². The molecule has 0 saturated carbocycles. The first-order valence-electron chi connectivity index (χ1n) is 5.73. The Morgan fingerprint density at radius 3 is 2.65 bits per heavy atom. The van der Waals surface area contributed by atoms with Gasteiger partial charge >= 0.3 is 0 Å². The Kier molecular flexibility index (Phi) is 4.45. The average Bonchev–Trinajstić information content (AvgIpc) is 2.34. The average molecular weight is 322 g/mol. The molecule has 0 atom stereocenters. The highest BCUT2D eigenvalue weighted by Gasteiger charge is 2.32. The maximum atomic E-state index is 13.8. The number of hydrogen-bond acceptors (Lipinski definition) is 1. The fourth-order valence-electron chi connectivity index (χ4n) is 2.23. The van der Waals surface area contributed by atoms with Crippen molar-refractivity contribution in [3.63, 3.8) is 0 Å². The van der Waals surface area contributed by atoms with Crippen molar-refractivity contribution in [2.75, 3.05) is 19.1 Å². The fraction of sp³-hybridized carbons (Fsp3) is 0.538. The summed E-state index contributed by atoms with van der Waals surface area (Å²) in [5.74, 6) is 0.404. The zero-order valence-electron chi connectivity index (χ0n) is 9.52. The first kappa shape index (κ1) is 13.3. The molecule has 1 aliphatic rings. The molecular formula is C13H15BrClFO. The second kappa shape index (κ2) is 5.68. The third-order valence-corrected chi connectivity index (χ3v) is 4.48. The van der Waals surface area contributed by atoms with E-state index in [1.165, 1.54) is 6.07 Å². The van der Waals surface area contributed by atoms with Crippen LogP contribution < -0.4 is 0 Å². The van der Waals surface area contributed by atoms with Crippen molar-refractivity contribution in [1.82, 2.24) is 0 Å². The Bertz CT molecular complexity index is 391. The molecule has 0 aromatic heterocycles. The molecule has 0 N–H and O–H groups in total. The van der Waals surface area contributed by atoms with Gasteiger partial charge in [0, 0.05) is 23.6 Å². The Balaban J connectivity index is 2.17. The van der Waals surface area contributed by atoms with Crippen molar-refractivity contribution < 1.29 is 9.13 Å². The van der Waals surface area contributed by atoms with E-state index in [9.17, 15) is 4.39 Å². The molecule has 0 aliphatic carbocycles. The van der Waals surface area contributed by atoms with Gasteiger partial charge in [-0.25, -0.2) is 4.39 Å². The normalized spacial score (nSPS) is 19.2. The summed E-state index contributed by atoms with van der Waals surface area (Å²) < 4.78 is 19.9. The van der Waals surface area contributed by atoms with Gasteiger partial charge in [-0.15, -0.1) is 11.6 Å². The molecule has 1 aromatic carbocycles. The predicted octanol–water partition coefficient (Wildman–Crippen LogP) is 4.17. The van der Waals surface area contributed by atoms with Crippen LogP contribution >= 0.6 is 27.5 Å². The molecule has 0 unspecified atom stereocenters. The summed E-state index contributed by atoms with van der Waals surface area (Å²) in [6, 6.07) is 5.22. The molecule has 94 valence electrons. The molecule has 4 heteroatoms. The van der Waals surface area contributed by atoms with E-state index in [2.05, 4.69) is 15.9 Å². The molecule has 0 bridgehead atoms. The predicted molar refractivity (Wildman–Crippen MR) is 71.0 cm³/mol. The van der Waals surface area contributed by atoms with Crippen molar-refractivity contribution in [1.29, 1.82) is 0 Å². The lowest BCUT2D eigenvalue weighted by atomic mass is 9.77. The van der Waals surface area contributed by atoms with Crippen LogP contribution in [0.4, 0.5) is 4.39 Å². The van der Waals surface area contributed by atoms with E-state index in [0.29, 0.717) is 12.3 Å². The first-order chi connectivity index (χ1) is 8.15. The lowest BCUT2D eigenvalue weighted by molar-refractivity contribution is 0.0254. The van der Waals surface area contributed by atoms with Crippen LogP contribution in [0.15, 0.2) is 22.7 Å². The molecule has 1 saturated heterocycles. The van der Waals surface area contributed by atoms with Crippen LogP contribution in [0.5, 0.6) is 0 Å². The molecule has 0 spiro atoms. The maximum Gasteiger partial charge on any atom is 0.127 e. The van der Waals surface area contributed by atoms with E-state index in [1.807, 2.05) is 12.1 Å². The van der Waals surface area contributed by atoms with Gasteiger partial charge in [0.1, 0.15) is 5.82 Å². The van der Waals surface area contributed by atoms with Gasteiger partial charge in [0.25, 0.3) is 0 Å². The van der Waals surface area contributed by atoms with E-state index in [0.717, 1.165) is 36.1 Å². The second-order valence-electron chi connectivity index (χ2n) is 4.66. The van der Waals surface area contributed by atoms with Gasteiger partial charge in [-0.2, -0.15) is 0 Å². The summed E-state index contributed by atoms with van der Waals surface area (Å²) in [6.45, 7) is 1.45. The van der Waals surface area contributed by atoms with Gasteiger partial charge < -0.3 is 4.74 Å². The van der Waals surface area contributed by atoms with Gasteiger partial charge in [0.2, 0.25) is 0 Å². The summed E-state index contributed by atoms with van der Waals surface area (Å²) in [6.07, 6.45) is 2.51. The minimum absolute atomic E-state index is 0.00548. The van der Waals surface area contributed by atoms with Crippen LogP contribution in [0.2, 0.25) is 0 Å². The van der Waals surface area contributed by atoms with E-state index in [4.69, 9.17) is 16.3 Å². The van der Waals surface area contributed by atoms with Gasteiger partial charge in [-0.05, 0) is 42.4 Å². The van der Waals surface area contributed by atoms with Gasteiger partial charge in [-0.1, -0.05) is 22.0 Å². The molecule has 1 fully saturated rings. The number of alkyl halides is 1. The number of ether oxygens (including phenoxy) is 1. The smallest absolute Gasteiger partial charge is 0.127 e. The highest BCUT2D eigenvalue weighted by molar-refractivity contribution is 9.10. The summed E-state index contributed by atoms with van der Waals surface area (Å²) in [7, 11) is 0. The van der Waals surface area contributed by atoms with E-state index in [-0.39, 0.29) is 11.2 Å². The number of hydrogen-bond donors (Lipinski definition) is 0. The van der Waals surface area contributed by atoms with Crippen molar-refractivity contribution in [3.8, 4) is 0 Å². The van der Waals surface area contributed by atoms with E-state index in [1.54, 1.807) is 0 Å². The van der Waals surface area contributed by atoms with Crippen LogP contribution in [-0.4, -0.2) is 19.1 Å². The van der Waals surface area contributed by atoms with E-state index >= 15 is 0 Å². The third-order valence-electron chi connectivity index (χ3n) is 3.42. The quantitative estimate of drug-likeness (QED) is 0.759. The minimum Gasteiger partial charge on any atom is -0.381 e. The number of halogens is 3. The van der Waals surface area contributed by atoms with Crippen molar-refractivity contribution in [2.24, 2.45) is 5.41 Å². The SMILES string of the molecule is Fc1cc(Br)ccc1CC1(CCl)CCOCC1. The molecule has 0 amide bonds. The topological polar surface area (TPSA) is 9.23 Å². The summed E-state index contributed by atoms with van der Waals surface area (Å²) >= 11 is 9.35. The molecule has 2 rings (SSSR count). The maximum absolute atomic E-state index is 13.8. The Morgan fingerprint density at radius 2 is 2.06 bits per heavy atom. The molecule has 1 heterocycles. The van der Waals surface area contributed by atoms with Crippen molar-refractivity contribution >= 4 is 27.5 Å². The Morgan fingerprint density at radius 1 is 1.35 bits per heavy atom. The Hall–Kier alpha value is -0.120. The lowest BCUT2D eigenvalue weighted by Gasteiger charge is -2.35. The van der Waals surface area contributed by atoms with Crippen LogP contribution in [0.25, 0.3) is 0 Å². The highest BCUT2D eigenvalue weighted by atomic mass is 79.9. The molecule has 17 heavy (non-hydrogen) atoms. The van der Waals surface area contributed by atoms with Crippen molar-refractivity contribution in [3.05, 3.63) is 34.1 Å². The van der Waals surface area contributed by atoms with Crippen LogP contribution in [0.3, 0.4) is 0 Å². The molecule has 0 radical (unpaired) electrons. The van der Waals surface area contributed by atoms with Crippen LogP contribution in [0, 0.1) is 11.2 Å². The zero-order chi connectivity index (χ0) is 12.3. The number of benzene rings is 1. The molecule has 1 nitrogen and oxygen atoms in total. The Labute approximate surface area is 114 Å². The van der Waals surface area contributed by atoms with Gasteiger partial charge in [0.15, 0.2) is 0 Å². The van der Waals surface area contributed by atoms with Gasteiger partial charge in [-0.3, -0.25) is 0 Å². The summed E-state index contributed by atoms with van der Waals surface area (Å²) in [5, 5.41) is 0. The van der Waals surface area contributed by atoms with Crippen LogP contribution in [-0.2, 0) is 11.2 Å². The fourth-order valence-corrected chi connectivity index (χ4v) is 2.93. The summed E-state index contributed by atoms with van der Waals surface area (Å²) in [5.41, 5.74) is 0.741. The lowest BCUT2D eigenvalue weighted by Crippen LogP contribution is -2.33. The minimum atomic E-state index is -0.157. The largest absolute Gasteiger partial charge is 0.381 e. The molecule has 1 aliphatic heterocycles. The monoisotopic (exact) mass is 320 g/mol. The first-order valence-corrected chi connectivity index (χ1v) is 7.06. The van der Waals surface area contributed by atoms with Gasteiger partial charge in [0.05, 0.1) is 0 Å². The highest BCUT2D eigenvalue weighted by Crippen LogP contribution is 2.36.